The van der Waals surface area contributed by atoms with Gasteiger partial charge < -0.3 is 5.11 Å². The smallest absolute Gasteiger partial charge is 0.238 e. The third kappa shape index (κ3) is 7.28. The molecule has 0 saturated carbocycles. The lowest BCUT2D eigenvalue weighted by Gasteiger charge is -2.12. The minimum Gasteiger partial charge on any atom is -0.379 e. The van der Waals surface area contributed by atoms with Crippen LogP contribution < -0.4 is 10.5 Å². The van der Waals surface area contributed by atoms with Crippen LogP contribution in [-0.4, -0.2) is 32.8 Å². The van der Waals surface area contributed by atoms with Gasteiger partial charge in [0.25, 0.3) is 0 Å². The van der Waals surface area contributed by atoms with Crippen molar-refractivity contribution in [1.29, 1.82) is 0 Å². The van der Waals surface area contributed by atoms with E-state index >= 15 is 0 Å². The minimum atomic E-state index is -3.65. The van der Waals surface area contributed by atoms with Crippen LogP contribution in [0.5, 0.6) is 0 Å². The van der Waals surface area contributed by atoms with Crippen LogP contribution in [0.3, 0.4) is 0 Å². The molecule has 4 N–H and O–H groups in total. The predicted molar refractivity (Wildman–Crippen MR) is 80.0 cm³/mol. The molecule has 0 radical (unpaired) electrons. The second kappa shape index (κ2) is 8.83. The number of rotatable bonds is 10. The molecule has 21 heavy (non-hydrogen) atoms. The molecule has 8 heteroatoms. The lowest BCUT2D eigenvalue weighted by molar-refractivity contribution is 0.125. The lowest BCUT2D eigenvalue weighted by Crippen LogP contribution is -2.30. The maximum atomic E-state index is 11.1. The Morgan fingerprint density at radius 2 is 1.90 bits per heavy atom. The van der Waals surface area contributed by atoms with Crippen molar-refractivity contribution < 1.29 is 13.5 Å². The summed E-state index contributed by atoms with van der Waals surface area (Å²) in [5.74, 6) is 0. The Balaban J connectivity index is 2.27. The minimum absolute atomic E-state index is 0.0861. The van der Waals surface area contributed by atoms with E-state index in [0.717, 1.165) is 12.0 Å². The number of nitrogens with one attached hydrogen (secondary N) is 1. The summed E-state index contributed by atoms with van der Waals surface area (Å²) in [6, 6.07) is 6.33. The zero-order valence-corrected chi connectivity index (χ0v) is 12.6. The SMILES string of the molecule is NS(=O)(=O)c1ccc(CCNC(O)CCCCN=O)cc1. The van der Waals surface area contributed by atoms with Crippen molar-refractivity contribution >= 4 is 10.0 Å². The first-order chi connectivity index (χ1) is 9.93. The number of unbranched alkanes of at least 4 members (excludes halogenated alkanes) is 1. The summed E-state index contributed by atoms with van der Waals surface area (Å²) in [5, 5.41) is 20.4. The molecule has 0 bridgehead atoms. The Bertz CT molecular complexity index is 531. The Labute approximate surface area is 124 Å². The molecule has 1 atom stereocenters. The average molecular weight is 315 g/mol. The van der Waals surface area contributed by atoms with Crippen molar-refractivity contribution in [3.8, 4) is 0 Å². The number of aliphatic hydroxyl groups excluding tert-OH is 1. The molecule has 0 aliphatic heterocycles. The molecule has 1 aromatic carbocycles. The molecule has 0 heterocycles. The molecule has 1 rings (SSSR count). The van der Waals surface area contributed by atoms with Crippen LogP contribution in [0, 0.1) is 4.91 Å². The summed E-state index contributed by atoms with van der Waals surface area (Å²) < 4.78 is 22.2. The van der Waals surface area contributed by atoms with E-state index in [1.165, 1.54) is 12.1 Å². The number of nitroso groups, excluding NO2 is 1. The third-order valence-electron chi connectivity index (χ3n) is 3.02. The highest BCUT2D eigenvalue weighted by Crippen LogP contribution is 2.09. The van der Waals surface area contributed by atoms with Crippen LogP contribution in [0.15, 0.2) is 34.3 Å². The number of hydrogen-bond acceptors (Lipinski definition) is 6. The third-order valence-corrected chi connectivity index (χ3v) is 3.95. The van der Waals surface area contributed by atoms with Gasteiger partial charge in [0.2, 0.25) is 10.0 Å². The zero-order chi connectivity index (χ0) is 15.7. The van der Waals surface area contributed by atoms with Crippen LogP contribution >= 0.6 is 0 Å². The molecule has 7 nitrogen and oxygen atoms in total. The van der Waals surface area contributed by atoms with Crippen molar-refractivity contribution in [2.24, 2.45) is 10.3 Å². The molecular formula is C13H21N3O4S. The highest BCUT2D eigenvalue weighted by atomic mass is 32.2. The van der Waals surface area contributed by atoms with Gasteiger partial charge in [-0.1, -0.05) is 17.3 Å². The van der Waals surface area contributed by atoms with Gasteiger partial charge >= 0.3 is 0 Å². The molecule has 1 aromatic rings. The van der Waals surface area contributed by atoms with Gasteiger partial charge in [0, 0.05) is 6.54 Å². The molecule has 0 saturated heterocycles. The van der Waals surface area contributed by atoms with Crippen LogP contribution in [-0.2, 0) is 16.4 Å². The summed E-state index contributed by atoms with van der Waals surface area (Å²) in [6.45, 7) is 0.852. The molecule has 1 unspecified atom stereocenters. The first-order valence-corrected chi connectivity index (χ1v) is 8.30. The normalized spacial score (nSPS) is 13.0. The second-order valence-electron chi connectivity index (χ2n) is 4.76. The highest BCUT2D eigenvalue weighted by molar-refractivity contribution is 7.89. The van der Waals surface area contributed by atoms with Gasteiger partial charge in [0.1, 0.15) is 6.23 Å². The van der Waals surface area contributed by atoms with Crippen molar-refractivity contribution in [2.45, 2.75) is 36.8 Å². The topological polar surface area (TPSA) is 122 Å². The fourth-order valence-electron chi connectivity index (χ4n) is 1.85. The van der Waals surface area contributed by atoms with Crippen LogP contribution in [0.25, 0.3) is 0 Å². The Morgan fingerprint density at radius 3 is 2.48 bits per heavy atom. The number of primary sulfonamides is 1. The standard InChI is InChI=1S/C13H21N3O4S/c14-21(19,20)12-6-4-11(5-7-12)8-10-15-13(17)3-1-2-9-16-18/h4-7,13,15,17H,1-3,8-10H2,(H2,14,19,20). The number of sulfonamides is 1. The first-order valence-electron chi connectivity index (χ1n) is 6.76. The maximum Gasteiger partial charge on any atom is 0.238 e. The molecule has 0 spiro atoms. The van der Waals surface area contributed by atoms with Crippen molar-refractivity contribution in [1.82, 2.24) is 5.32 Å². The monoisotopic (exact) mass is 315 g/mol. The number of nitrogens with two attached hydrogens (primary N) is 1. The van der Waals surface area contributed by atoms with E-state index in [-0.39, 0.29) is 11.4 Å². The Morgan fingerprint density at radius 1 is 1.24 bits per heavy atom. The molecule has 0 aliphatic carbocycles. The van der Waals surface area contributed by atoms with E-state index < -0.39 is 16.3 Å². The first kappa shape index (κ1) is 17.7. The largest absolute Gasteiger partial charge is 0.379 e. The Hall–Kier alpha value is -1.35. The fourth-order valence-corrected chi connectivity index (χ4v) is 2.36. The second-order valence-corrected chi connectivity index (χ2v) is 6.32. The summed E-state index contributed by atoms with van der Waals surface area (Å²) in [5.41, 5.74) is 0.951. The van der Waals surface area contributed by atoms with Crippen LogP contribution in [0.2, 0.25) is 0 Å². The summed E-state index contributed by atoms with van der Waals surface area (Å²) >= 11 is 0. The summed E-state index contributed by atoms with van der Waals surface area (Å²) in [6.07, 6.45) is 2.04. The molecule has 0 aromatic heterocycles. The summed E-state index contributed by atoms with van der Waals surface area (Å²) in [4.78, 5) is 9.98. The van der Waals surface area contributed by atoms with Gasteiger partial charge in [0.15, 0.2) is 0 Å². The van der Waals surface area contributed by atoms with Gasteiger partial charge in [-0.2, -0.15) is 4.91 Å². The zero-order valence-electron chi connectivity index (χ0n) is 11.7. The number of hydrogen-bond donors (Lipinski definition) is 3. The van der Waals surface area contributed by atoms with E-state index in [2.05, 4.69) is 10.5 Å². The number of nitrogens with zero attached hydrogens (tertiary/aromatic N) is 1. The highest BCUT2D eigenvalue weighted by Gasteiger charge is 2.07. The van der Waals surface area contributed by atoms with E-state index in [0.29, 0.717) is 25.8 Å². The van der Waals surface area contributed by atoms with Gasteiger partial charge in [-0.05, 0) is 43.4 Å². The fraction of sp³-hybridized carbons (Fsp3) is 0.538. The van der Waals surface area contributed by atoms with E-state index in [4.69, 9.17) is 5.14 Å². The maximum absolute atomic E-state index is 11.1. The molecule has 118 valence electrons. The molecule has 0 amide bonds. The quantitative estimate of drug-likeness (QED) is 0.333. The predicted octanol–water partition coefficient (Wildman–Crippen LogP) is 0.721. The van der Waals surface area contributed by atoms with E-state index in [9.17, 15) is 18.4 Å². The average Bonchev–Trinajstić information content (AvgIpc) is 2.43. The number of benzene rings is 1. The van der Waals surface area contributed by atoms with Gasteiger partial charge in [-0.15, -0.1) is 0 Å². The van der Waals surface area contributed by atoms with Crippen LogP contribution in [0.4, 0.5) is 0 Å². The lowest BCUT2D eigenvalue weighted by atomic mass is 10.1. The molecule has 0 aliphatic rings. The van der Waals surface area contributed by atoms with Crippen molar-refractivity contribution in [3.63, 3.8) is 0 Å². The molecule has 0 fully saturated rings. The van der Waals surface area contributed by atoms with Crippen molar-refractivity contribution in [3.05, 3.63) is 34.7 Å². The van der Waals surface area contributed by atoms with Gasteiger partial charge in [0.05, 0.1) is 11.4 Å². The van der Waals surface area contributed by atoms with E-state index in [1.54, 1.807) is 12.1 Å². The van der Waals surface area contributed by atoms with Gasteiger partial charge in [-0.3, -0.25) is 5.32 Å². The van der Waals surface area contributed by atoms with E-state index in [1.807, 2.05) is 0 Å². The van der Waals surface area contributed by atoms with Crippen molar-refractivity contribution in [2.75, 3.05) is 13.1 Å². The van der Waals surface area contributed by atoms with Crippen LogP contribution in [0.1, 0.15) is 24.8 Å². The number of aliphatic hydroxyl groups is 1. The molecular weight excluding hydrogens is 294 g/mol. The summed E-state index contributed by atoms with van der Waals surface area (Å²) in [7, 11) is -3.65. The van der Waals surface area contributed by atoms with Gasteiger partial charge in [-0.25, -0.2) is 13.6 Å². The Kier molecular flexibility index (Phi) is 7.44.